The summed E-state index contributed by atoms with van der Waals surface area (Å²) in [6.45, 7) is 5.48. The summed E-state index contributed by atoms with van der Waals surface area (Å²) in [5, 5.41) is 75.7. The van der Waals surface area contributed by atoms with Gasteiger partial charge in [-0.3, -0.25) is 36.4 Å². The van der Waals surface area contributed by atoms with Crippen LogP contribution in [0.5, 0.6) is 6.01 Å². The standard InChI is InChI=1S/C12H18N14.C11H15N11O2.ClH/c1-6-16-11(24-19-6)18-12-25-21-9(22-26-12)3-8-17-10(23-20-8)15-5-7(13)4-14-2;1-6-12-9(19-15-6)14-10-20-17-8(18-21-10)5-7-13-11(22-16-7)24-4-3-23-2;/h13-14H,3-5H2,1-2H3,(H2,15,17,20,23)(H2,16,18,19,24,25,26);3-5H2,1-2H3,(H,13,16,22)(H2,12,14,15,19,20,21);1H. The largest absolute Gasteiger partial charge is 1.00 e. The van der Waals surface area contributed by atoms with Gasteiger partial charge in [0.05, 0.1) is 32.5 Å². The molecule has 28 heteroatoms. The topological polar surface area (TPSA) is 362 Å². The quantitative estimate of drug-likeness (QED) is 0.0311. The zero-order valence-electron chi connectivity index (χ0n) is 27.7. The van der Waals surface area contributed by atoms with Gasteiger partial charge < -0.3 is 32.5 Å². The van der Waals surface area contributed by atoms with Gasteiger partial charge in [0.25, 0.3) is 11.9 Å². The molecule has 0 aromatic carbocycles. The van der Waals surface area contributed by atoms with E-state index in [1.165, 1.54) is 0 Å². The smallest absolute Gasteiger partial charge is 0.335 e. The number of hydrogen-bond donors (Lipinski definition) is 9. The summed E-state index contributed by atoms with van der Waals surface area (Å²) in [5.74, 6) is 4.76. The number of nitrogens with one attached hydrogen (secondary N) is 8. The molecule has 6 heterocycles. The number of H-pyrrole nitrogens is 4. The lowest BCUT2D eigenvalue weighted by molar-refractivity contribution is -0.116. The molecular weight excluding hydrogens is 694 g/mol. The number of nitrogens with two attached hydrogens (primary N) is 1. The van der Waals surface area contributed by atoms with Gasteiger partial charge in [0.1, 0.15) is 29.9 Å². The molecule has 6 rings (SSSR count). The van der Waals surface area contributed by atoms with Crippen LogP contribution in [0.3, 0.4) is 0 Å². The summed E-state index contributed by atoms with van der Waals surface area (Å²) in [6, 6.07) is 0.237. The molecule has 27 nitrogen and oxygen atoms in total. The van der Waals surface area contributed by atoms with E-state index in [1.54, 1.807) is 21.0 Å². The Labute approximate surface area is 293 Å². The summed E-state index contributed by atoms with van der Waals surface area (Å²) in [7, 11) is 3.42. The molecule has 0 unspecified atom stereocenters. The van der Waals surface area contributed by atoms with Gasteiger partial charge >= 0.3 is 6.01 Å². The van der Waals surface area contributed by atoms with Crippen molar-refractivity contribution in [2.24, 2.45) is 0 Å². The van der Waals surface area contributed by atoms with Crippen LogP contribution in [0.1, 0.15) is 34.9 Å². The van der Waals surface area contributed by atoms with E-state index in [0.717, 1.165) is 5.71 Å². The molecule has 0 atom stereocenters. The van der Waals surface area contributed by atoms with E-state index in [0.29, 0.717) is 91.9 Å². The molecular formula is C23H34ClN25O2. The number of aromatic nitrogens is 20. The average molecular weight is 728 g/mol. The van der Waals surface area contributed by atoms with E-state index >= 15 is 0 Å². The maximum Gasteiger partial charge on any atom is 0.335 e. The van der Waals surface area contributed by atoms with Gasteiger partial charge in [0.15, 0.2) is 17.4 Å². The fourth-order valence-corrected chi connectivity index (χ4v) is 3.61. The van der Waals surface area contributed by atoms with Crippen molar-refractivity contribution in [2.75, 3.05) is 56.4 Å². The van der Waals surface area contributed by atoms with E-state index in [9.17, 15) is 0 Å². The van der Waals surface area contributed by atoms with Crippen LogP contribution in [0.2, 0.25) is 0 Å². The molecule has 10 N–H and O–H groups in total. The molecule has 0 saturated carbocycles. The first kappa shape index (κ1) is 37.3. The molecule has 0 radical (unpaired) electrons. The van der Waals surface area contributed by atoms with Crippen molar-refractivity contribution < 1.29 is 27.3 Å². The highest BCUT2D eigenvalue weighted by Crippen LogP contribution is 2.08. The van der Waals surface area contributed by atoms with Crippen molar-refractivity contribution in [2.45, 2.75) is 26.7 Å². The van der Waals surface area contributed by atoms with Gasteiger partial charge in [0.2, 0.25) is 17.8 Å². The number of anilines is 5. The second-order valence-corrected chi connectivity index (χ2v) is 9.93. The molecule has 0 amide bonds. The molecule has 0 fully saturated rings. The Morgan fingerprint density at radius 1 is 0.627 bits per heavy atom. The minimum Gasteiger partial charge on any atom is -1.00 e. The second kappa shape index (κ2) is 18.9. The van der Waals surface area contributed by atoms with Crippen LogP contribution < -0.4 is 43.8 Å². The van der Waals surface area contributed by atoms with Crippen molar-refractivity contribution in [3.63, 3.8) is 0 Å². The molecule has 270 valence electrons. The third-order valence-corrected chi connectivity index (χ3v) is 5.77. The summed E-state index contributed by atoms with van der Waals surface area (Å²) in [6.07, 6.45) is 0.602. The predicted octanol–water partition coefficient (Wildman–Crippen LogP) is -6.85. The molecule has 0 aliphatic rings. The first-order valence-electron chi connectivity index (χ1n) is 14.7. The van der Waals surface area contributed by atoms with Crippen molar-refractivity contribution in [3.05, 3.63) is 34.9 Å². The van der Waals surface area contributed by atoms with E-state index < -0.39 is 0 Å². The van der Waals surface area contributed by atoms with Crippen molar-refractivity contribution in [1.29, 1.82) is 0 Å². The Hall–Kier alpha value is -6.48. The SMILES string of the molecule is CNCC(=[NH2+])CNc1n[nH]c(Cc2nnc(Nc3n[nH]c(C)n3)nn2)n1.COCCOc1n[nH]c(Cc2nnc(Nc3n[nH]c(C)n3)nn2)n1.[Cl-]. The Balaban J connectivity index is 0.000000225. The third kappa shape index (κ3) is 12.2. The number of halogens is 1. The van der Waals surface area contributed by atoms with E-state index in [2.05, 4.69) is 123 Å². The number of rotatable bonds is 17. The van der Waals surface area contributed by atoms with Gasteiger partial charge in [-0.2, -0.15) is 19.9 Å². The number of hydrogen-bond acceptors (Lipinski definition) is 22. The lowest BCUT2D eigenvalue weighted by Gasteiger charge is -1.99. The molecule has 0 aliphatic heterocycles. The second-order valence-electron chi connectivity index (χ2n) is 9.93. The van der Waals surface area contributed by atoms with Gasteiger partial charge in [-0.25, -0.2) is 0 Å². The van der Waals surface area contributed by atoms with Gasteiger partial charge in [0, 0.05) is 7.11 Å². The number of aromatic amines is 4. The number of ether oxygens (including phenoxy) is 2. The van der Waals surface area contributed by atoms with Crippen LogP contribution in [0.15, 0.2) is 0 Å². The maximum absolute atomic E-state index is 5.81. The third-order valence-electron chi connectivity index (χ3n) is 5.77. The Kier molecular flexibility index (Phi) is 13.8. The normalized spacial score (nSPS) is 10.5. The summed E-state index contributed by atoms with van der Waals surface area (Å²) in [4.78, 5) is 16.6. The fourth-order valence-electron chi connectivity index (χ4n) is 3.61. The van der Waals surface area contributed by atoms with Crippen LogP contribution >= 0.6 is 0 Å². The molecule has 0 aliphatic carbocycles. The minimum atomic E-state index is 0. The van der Waals surface area contributed by atoms with Crippen LogP contribution in [0, 0.1) is 13.8 Å². The molecule has 6 aromatic rings. The van der Waals surface area contributed by atoms with Gasteiger partial charge in [-0.15, -0.1) is 61.2 Å². The Bertz CT molecular complexity index is 1900. The highest BCUT2D eigenvalue weighted by atomic mass is 35.5. The summed E-state index contributed by atoms with van der Waals surface area (Å²) < 4.78 is 10.2. The maximum atomic E-state index is 5.81. The molecule has 6 aromatic heterocycles. The first-order chi connectivity index (χ1) is 24.3. The van der Waals surface area contributed by atoms with Gasteiger partial charge in [-0.05, 0) is 20.9 Å². The highest BCUT2D eigenvalue weighted by Gasteiger charge is 2.12. The van der Waals surface area contributed by atoms with Crippen molar-refractivity contribution in [1.82, 2.24) is 107 Å². The zero-order chi connectivity index (χ0) is 35.1. The Morgan fingerprint density at radius 3 is 1.67 bits per heavy atom. The van der Waals surface area contributed by atoms with Crippen LogP contribution in [-0.4, -0.2) is 148 Å². The number of aryl methyl sites for hydroxylation is 2. The number of methoxy groups -OCH3 is 1. The van der Waals surface area contributed by atoms with Crippen molar-refractivity contribution >= 4 is 35.5 Å². The van der Waals surface area contributed by atoms with Crippen LogP contribution in [0.25, 0.3) is 0 Å². The van der Waals surface area contributed by atoms with Gasteiger partial charge in [-0.1, -0.05) is 0 Å². The van der Waals surface area contributed by atoms with Crippen LogP contribution in [-0.2, 0) is 17.6 Å². The average Bonchev–Trinajstić information content (AvgIpc) is 3.93. The fraction of sp³-hybridized carbons (Fsp3) is 0.435. The van der Waals surface area contributed by atoms with E-state index in [-0.39, 0.29) is 30.3 Å². The monoisotopic (exact) mass is 727 g/mol. The summed E-state index contributed by atoms with van der Waals surface area (Å²) in [5.41, 5.74) is 0.750. The lowest BCUT2D eigenvalue weighted by Crippen LogP contribution is -3.00. The van der Waals surface area contributed by atoms with E-state index in [1.807, 2.05) is 7.05 Å². The van der Waals surface area contributed by atoms with Crippen LogP contribution in [0.4, 0.5) is 29.7 Å². The molecule has 51 heavy (non-hydrogen) atoms. The molecule has 0 saturated heterocycles. The Morgan fingerprint density at radius 2 is 1.16 bits per heavy atom. The lowest BCUT2D eigenvalue weighted by atomic mass is 10.4. The zero-order valence-corrected chi connectivity index (χ0v) is 28.4. The number of nitrogens with zero attached hydrogens (tertiary/aromatic N) is 16. The molecule has 0 bridgehead atoms. The minimum absolute atomic E-state index is 0. The first-order valence-corrected chi connectivity index (χ1v) is 14.7. The highest BCUT2D eigenvalue weighted by molar-refractivity contribution is 5.84. The predicted molar refractivity (Wildman–Crippen MR) is 169 cm³/mol. The molecule has 0 spiro atoms. The summed E-state index contributed by atoms with van der Waals surface area (Å²) >= 11 is 0. The van der Waals surface area contributed by atoms with Crippen molar-refractivity contribution in [3.8, 4) is 6.01 Å². The van der Waals surface area contributed by atoms with E-state index in [4.69, 9.17) is 14.9 Å².